The molecule has 130 valence electrons. The molecule has 1 aliphatic heterocycles. The Bertz CT molecular complexity index is 775. The fourth-order valence-corrected chi connectivity index (χ4v) is 2.82. The predicted molar refractivity (Wildman–Crippen MR) is 87.0 cm³/mol. The van der Waals surface area contributed by atoms with Gasteiger partial charge >= 0.3 is 0 Å². The van der Waals surface area contributed by atoms with Gasteiger partial charge in [-0.3, -0.25) is 14.6 Å². The number of hydrogen-bond donors (Lipinski definition) is 1. The molecule has 1 aromatic heterocycles. The van der Waals surface area contributed by atoms with Gasteiger partial charge in [0.05, 0.1) is 5.56 Å². The van der Waals surface area contributed by atoms with Gasteiger partial charge in [-0.05, 0) is 37.1 Å². The van der Waals surface area contributed by atoms with Crippen LogP contribution in [0.15, 0.2) is 42.6 Å². The van der Waals surface area contributed by atoms with E-state index in [0.717, 1.165) is 12.1 Å². The summed E-state index contributed by atoms with van der Waals surface area (Å²) in [5.41, 5.74) is 0.201. The van der Waals surface area contributed by atoms with Crippen LogP contribution in [0.2, 0.25) is 0 Å². The van der Waals surface area contributed by atoms with Gasteiger partial charge in [-0.25, -0.2) is 8.78 Å². The smallest absolute Gasteiger partial charge is 0.270 e. The molecule has 25 heavy (non-hydrogen) atoms. The molecular formula is C18H17F2N3O2. The maximum atomic E-state index is 13.7. The van der Waals surface area contributed by atoms with Crippen molar-refractivity contribution in [3.63, 3.8) is 0 Å². The van der Waals surface area contributed by atoms with E-state index in [2.05, 4.69) is 10.3 Å². The fraction of sp³-hybridized carbons (Fsp3) is 0.278. The summed E-state index contributed by atoms with van der Waals surface area (Å²) < 4.78 is 26.7. The van der Waals surface area contributed by atoms with Gasteiger partial charge in [0.25, 0.3) is 11.8 Å². The lowest BCUT2D eigenvalue weighted by molar-refractivity contribution is 0.0693. The number of carbonyl (C=O) groups excluding carboxylic acids is 2. The van der Waals surface area contributed by atoms with Crippen molar-refractivity contribution in [1.29, 1.82) is 0 Å². The first kappa shape index (κ1) is 17.0. The van der Waals surface area contributed by atoms with Gasteiger partial charge in [-0.2, -0.15) is 0 Å². The molecule has 2 amide bonds. The van der Waals surface area contributed by atoms with E-state index in [1.807, 2.05) is 0 Å². The van der Waals surface area contributed by atoms with Crippen molar-refractivity contribution in [3.05, 3.63) is 65.5 Å². The third-order valence-electron chi connectivity index (χ3n) is 4.18. The molecule has 0 spiro atoms. The third-order valence-corrected chi connectivity index (χ3v) is 4.18. The van der Waals surface area contributed by atoms with Gasteiger partial charge in [-0.15, -0.1) is 0 Å². The fourth-order valence-electron chi connectivity index (χ4n) is 2.82. The third kappa shape index (κ3) is 3.99. The molecule has 0 radical (unpaired) electrons. The minimum Gasteiger partial charge on any atom is -0.348 e. The Hall–Kier alpha value is -2.83. The Morgan fingerprint density at radius 3 is 2.52 bits per heavy atom. The molecule has 2 aromatic rings. The number of aromatic nitrogens is 1. The van der Waals surface area contributed by atoms with Crippen molar-refractivity contribution in [2.75, 3.05) is 13.1 Å². The first-order chi connectivity index (χ1) is 12.0. The normalized spacial score (nSPS) is 15.0. The number of rotatable bonds is 3. The summed E-state index contributed by atoms with van der Waals surface area (Å²) >= 11 is 0. The summed E-state index contributed by atoms with van der Waals surface area (Å²) in [7, 11) is 0. The maximum absolute atomic E-state index is 13.7. The molecule has 3 rings (SSSR count). The van der Waals surface area contributed by atoms with E-state index in [9.17, 15) is 18.4 Å². The molecule has 0 unspecified atom stereocenters. The van der Waals surface area contributed by atoms with Crippen LogP contribution in [0.4, 0.5) is 8.78 Å². The summed E-state index contributed by atoms with van der Waals surface area (Å²) in [6.45, 7) is 0.783. The van der Waals surface area contributed by atoms with Crippen LogP contribution in [-0.2, 0) is 0 Å². The van der Waals surface area contributed by atoms with Crippen LogP contribution in [-0.4, -0.2) is 40.8 Å². The molecular weight excluding hydrogens is 328 g/mol. The summed E-state index contributed by atoms with van der Waals surface area (Å²) in [6, 6.07) is 7.95. The second-order valence-electron chi connectivity index (χ2n) is 5.88. The Labute approximate surface area is 143 Å². The molecule has 5 nitrogen and oxygen atoms in total. The highest BCUT2D eigenvalue weighted by Gasteiger charge is 2.26. The maximum Gasteiger partial charge on any atom is 0.270 e. The Balaban J connectivity index is 1.56. The van der Waals surface area contributed by atoms with Crippen molar-refractivity contribution < 1.29 is 18.4 Å². The van der Waals surface area contributed by atoms with Gasteiger partial charge in [0.1, 0.15) is 17.3 Å². The highest BCUT2D eigenvalue weighted by Crippen LogP contribution is 2.17. The van der Waals surface area contributed by atoms with E-state index in [1.54, 1.807) is 24.4 Å². The predicted octanol–water partition coefficient (Wildman–Crippen LogP) is 2.39. The molecule has 1 aliphatic rings. The minimum absolute atomic E-state index is 0.0726. The molecule has 1 aromatic carbocycles. The topological polar surface area (TPSA) is 62.3 Å². The van der Waals surface area contributed by atoms with Crippen LogP contribution >= 0.6 is 0 Å². The number of amides is 2. The van der Waals surface area contributed by atoms with Crippen molar-refractivity contribution in [1.82, 2.24) is 15.2 Å². The zero-order chi connectivity index (χ0) is 17.8. The van der Waals surface area contributed by atoms with E-state index in [-0.39, 0.29) is 17.5 Å². The largest absolute Gasteiger partial charge is 0.348 e. The van der Waals surface area contributed by atoms with E-state index in [4.69, 9.17) is 0 Å². The van der Waals surface area contributed by atoms with Gasteiger partial charge in [-0.1, -0.05) is 6.07 Å². The van der Waals surface area contributed by atoms with Crippen LogP contribution in [0.1, 0.15) is 33.7 Å². The second-order valence-corrected chi connectivity index (χ2v) is 5.88. The summed E-state index contributed by atoms with van der Waals surface area (Å²) in [5.74, 6) is -2.30. The van der Waals surface area contributed by atoms with Crippen LogP contribution in [0.5, 0.6) is 0 Å². The van der Waals surface area contributed by atoms with Crippen molar-refractivity contribution >= 4 is 11.8 Å². The molecule has 7 heteroatoms. The number of hydrogen-bond acceptors (Lipinski definition) is 3. The van der Waals surface area contributed by atoms with Crippen LogP contribution in [0.25, 0.3) is 0 Å². The Morgan fingerprint density at radius 1 is 1.12 bits per heavy atom. The lowest BCUT2D eigenvalue weighted by Gasteiger charge is -2.32. The van der Waals surface area contributed by atoms with E-state index in [1.165, 1.54) is 4.90 Å². The molecule has 1 N–H and O–H groups in total. The lowest BCUT2D eigenvalue weighted by Crippen LogP contribution is -2.46. The Morgan fingerprint density at radius 2 is 1.88 bits per heavy atom. The zero-order valence-electron chi connectivity index (χ0n) is 13.4. The quantitative estimate of drug-likeness (QED) is 0.929. The average Bonchev–Trinajstić information content (AvgIpc) is 2.62. The molecule has 0 saturated carbocycles. The van der Waals surface area contributed by atoms with E-state index < -0.39 is 17.5 Å². The van der Waals surface area contributed by atoms with Gasteiger partial charge < -0.3 is 10.2 Å². The number of carbonyl (C=O) groups is 2. The number of nitrogens with one attached hydrogen (secondary N) is 1. The van der Waals surface area contributed by atoms with Crippen LogP contribution < -0.4 is 5.32 Å². The summed E-state index contributed by atoms with van der Waals surface area (Å²) in [4.78, 5) is 29.9. The first-order valence-electron chi connectivity index (χ1n) is 8.01. The van der Waals surface area contributed by atoms with Crippen LogP contribution in [0, 0.1) is 11.6 Å². The summed E-state index contributed by atoms with van der Waals surface area (Å²) in [5, 5.41) is 2.89. The highest BCUT2D eigenvalue weighted by molar-refractivity contribution is 5.94. The van der Waals surface area contributed by atoms with Crippen molar-refractivity contribution in [3.8, 4) is 0 Å². The number of halogens is 2. The number of piperidine rings is 1. The average molecular weight is 345 g/mol. The molecule has 2 heterocycles. The van der Waals surface area contributed by atoms with Gasteiger partial charge in [0.15, 0.2) is 0 Å². The lowest BCUT2D eigenvalue weighted by atomic mass is 10.0. The van der Waals surface area contributed by atoms with E-state index >= 15 is 0 Å². The van der Waals surface area contributed by atoms with E-state index in [0.29, 0.717) is 37.7 Å². The van der Waals surface area contributed by atoms with Crippen molar-refractivity contribution in [2.45, 2.75) is 18.9 Å². The first-order valence-corrected chi connectivity index (χ1v) is 8.01. The Kier molecular flexibility index (Phi) is 5.02. The molecule has 0 aliphatic carbocycles. The summed E-state index contributed by atoms with van der Waals surface area (Å²) in [6.07, 6.45) is 2.67. The SMILES string of the molecule is O=C(NC1CCN(C(=O)c2ccc(F)cc2F)CC1)c1ccccn1. The van der Waals surface area contributed by atoms with Crippen LogP contribution in [0.3, 0.4) is 0 Å². The monoisotopic (exact) mass is 345 g/mol. The van der Waals surface area contributed by atoms with Gasteiger partial charge in [0, 0.05) is 31.4 Å². The minimum atomic E-state index is -0.865. The number of benzene rings is 1. The molecule has 0 atom stereocenters. The number of likely N-dealkylation sites (tertiary alicyclic amines) is 1. The molecule has 1 fully saturated rings. The van der Waals surface area contributed by atoms with Crippen molar-refractivity contribution in [2.24, 2.45) is 0 Å². The highest BCUT2D eigenvalue weighted by atomic mass is 19.1. The number of pyridine rings is 1. The number of nitrogens with zero attached hydrogens (tertiary/aromatic N) is 2. The molecule has 0 bridgehead atoms. The zero-order valence-corrected chi connectivity index (χ0v) is 13.4. The van der Waals surface area contributed by atoms with Gasteiger partial charge in [0.2, 0.25) is 0 Å². The molecule has 1 saturated heterocycles. The standard InChI is InChI=1S/C18H17F2N3O2/c19-12-4-5-14(15(20)11-12)18(25)23-9-6-13(7-10-23)22-17(24)16-3-1-2-8-21-16/h1-5,8,11,13H,6-7,9-10H2,(H,22,24). The second kappa shape index (κ2) is 7.38.